The molecule has 5 nitrogen and oxygen atoms in total. The number of aromatic nitrogens is 1. The highest BCUT2D eigenvalue weighted by Crippen LogP contribution is 2.26. The Hall–Kier alpha value is -2.86. The second-order valence-electron chi connectivity index (χ2n) is 5.49. The number of benzene rings is 1. The minimum Gasteiger partial charge on any atom is -0.366 e. The number of nitrogens with zero attached hydrogens (tertiary/aromatic N) is 1. The number of hydrogen-bond donors (Lipinski definition) is 2. The zero-order valence-corrected chi connectivity index (χ0v) is 14.2. The third-order valence-electron chi connectivity index (χ3n) is 3.79. The van der Waals surface area contributed by atoms with Crippen LogP contribution in [0.1, 0.15) is 32.1 Å². The number of hydrogen-bond acceptors (Lipinski definition) is 3. The Bertz CT molecular complexity index is 887. The zero-order chi connectivity index (χ0) is 17.3. The standard InChI is InChI=1S/C18H17N3O2S/c1-11-3-4-12(2)21(11)18-15(9-10-24-18)17(23)20-14-7-5-13(6-8-14)16(19)22/h3-10H,1-2H3,(H2,19,22)(H,20,23). The molecule has 6 heteroatoms. The van der Waals surface area contributed by atoms with Crippen LogP contribution in [0.5, 0.6) is 0 Å². The van der Waals surface area contributed by atoms with E-state index >= 15 is 0 Å². The lowest BCUT2D eigenvalue weighted by atomic mass is 10.2. The average molecular weight is 339 g/mol. The Morgan fingerprint density at radius 1 is 1.00 bits per heavy atom. The molecule has 1 aromatic carbocycles. The van der Waals surface area contributed by atoms with Crippen LogP contribution in [0.2, 0.25) is 0 Å². The second kappa shape index (κ2) is 6.33. The quantitative estimate of drug-likeness (QED) is 0.763. The van der Waals surface area contributed by atoms with Crippen LogP contribution in [-0.4, -0.2) is 16.4 Å². The third kappa shape index (κ3) is 2.96. The number of aryl methyl sites for hydroxylation is 2. The molecule has 0 atom stereocenters. The number of thiophene rings is 1. The molecule has 2 amide bonds. The number of primary amides is 1. The van der Waals surface area contributed by atoms with Crippen molar-refractivity contribution >= 4 is 28.8 Å². The fourth-order valence-corrected chi connectivity index (χ4v) is 3.57. The molecular weight excluding hydrogens is 322 g/mol. The lowest BCUT2D eigenvalue weighted by molar-refractivity contribution is 0.0998. The Morgan fingerprint density at radius 3 is 2.21 bits per heavy atom. The average Bonchev–Trinajstić information content (AvgIpc) is 3.14. The minimum atomic E-state index is -0.494. The third-order valence-corrected chi connectivity index (χ3v) is 4.69. The van der Waals surface area contributed by atoms with Crippen molar-refractivity contribution in [1.82, 2.24) is 4.57 Å². The summed E-state index contributed by atoms with van der Waals surface area (Å²) in [5, 5.41) is 5.65. The van der Waals surface area contributed by atoms with Gasteiger partial charge in [0.1, 0.15) is 5.00 Å². The van der Waals surface area contributed by atoms with Crippen molar-refractivity contribution in [3.8, 4) is 5.00 Å². The van der Waals surface area contributed by atoms with Gasteiger partial charge in [-0.05, 0) is 61.7 Å². The number of carbonyl (C=O) groups excluding carboxylic acids is 2. The molecule has 3 aromatic rings. The van der Waals surface area contributed by atoms with Gasteiger partial charge >= 0.3 is 0 Å². The van der Waals surface area contributed by atoms with Gasteiger partial charge in [-0.15, -0.1) is 11.3 Å². The van der Waals surface area contributed by atoms with Crippen molar-refractivity contribution in [2.24, 2.45) is 5.73 Å². The van der Waals surface area contributed by atoms with Crippen LogP contribution in [0.3, 0.4) is 0 Å². The van der Waals surface area contributed by atoms with Crippen molar-refractivity contribution in [3.63, 3.8) is 0 Å². The van der Waals surface area contributed by atoms with Crippen LogP contribution in [0.25, 0.3) is 5.00 Å². The number of nitrogens with two attached hydrogens (primary N) is 1. The molecule has 2 heterocycles. The Balaban J connectivity index is 1.87. The Kier molecular flexibility index (Phi) is 4.22. The summed E-state index contributed by atoms with van der Waals surface area (Å²) in [7, 11) is 0. The first kappa shape index (κ1) is 16.0. The molecule has 2 aromatic heterocycles. The lowest BCUT2D eigenvalue weighted by Crippen LogP contribution is -2.15. The van der Waals surface area contributed by atoms with E-state index in [4.69, 9.17) is 5.73 Å². The fraction of sp³-hybridized carbons (Fsp3) is 0.111. The van der Waals surface area contributed by atoms with Crippen LogP contribution < -0.4 is 11.1 Å². The lowest BCUT2D eigenvalue weighted by Gasteiger charge is -2.11. The fourth-order valence-electron chi connectivity index (χ4n) is 2.55. The van der Waals surface area contributed by atoms with Gasteiger partial charge in [0.2, 0.25) is 5.91 Å². The van der Waals surface area contributed by atoms with E-state index in [9.17, 15) is 9.59 Å². The van der Waals surface area contributed by atoms with Crippen LogP contribution in [0.15, 0.2) is 47.8 Å². The molecule has 0 saturated heterocycles. The molecule has 0 aliphatic carbocycles. The summed E-state index contributed by atoms with van der Waals surface area (Å²) < 4.78 is 2.07. The van der Waals surface area contributed by atoms with Gasteiger partial charge in [-0.2, -0.15) is 0 Å². The normalized spacial score (nSPS) is 10.6. The molecule has 122 valence electrons. The maximum Gasteiger partial charge on any atom is 0.258 e. The molecular formula is C18H17N3O2S. The van der Waals surface area contributed by atoms with E-state index in [1.54, 1.807) is 24.3 Å². The van der Waals surface area contributed by atoms with E-state index in [1.807, 2.05) is 37.4 Å². The monoisotopic (exact) mass is 339 g/mol. The highest BCUT2D eigenvalue weighted by molar-refractivity contribution is 7.13. The molecule has 0 unspecified atom stereocenters. The van der Waals surface area contributed by atoms with Gasteiger partial charge in [0.05, 0.1) is 5.56 Å². The molecule has 3 N–H and O–H groups in total. The van der Waals surface area contributed by atoms with Crippen LogP contribution in [0, 0.1) is 13.8 Å². The van der Waals surface area contributed by atoms with Gasteiger partial charge < -0.3 is 15.6 Å². The summed E-state index contributed by atoms with van der Waals surface area (Å²) in [4.78, 5) is 23.7. The van der Waals surface area contributed by atoms with Crippen LogP contribution in [0.4, 0.5) is 5.69 Å². The summed E-state index contributed by atoms with van der Waals surface area (Å²) in [5.74, 6) is -0.683. The van der Waals surface area contributed by atoms with Crippen molar-refractivity contribution in [3.05, 3.63) is 70.4 Å². The van der Waals surface area contributed by atoms with Crippen molar-refractivity contribution in [2.75, 3.05) is 5.32 Å². The van der Waals surface area contributed by atoms with E-state index in [0.29, 0.717) is 16.8 Å². The Labute approximate surface area is 143 Å². The summed E-state index contributed by atoms with van der Waals surface area (Å²) in [6.45, 7) is 4.02. The van der Waals surface area contributed by atoms with Gasteiger partial charge in [0.25, 0.3) is 5.91 Å². The highest BCUT2D eigenvalue weighted by Gasteiger charge is 2.17. The first-order valence-electron chi connectivity index (χ1n) is 7.41. The number of amides is 2. The molecule has 0 saturated carbocycles. The predicted octanol–water partition coefficient (Wildman–Crippen LogP) is 3.51. The number of carbonyl (C=O) groups is 2. The zero-order valence-electron chi connectivity index (χ0n) is 13.4. The van der Waals surface area contributed by atoms with Crippen molar-refractivity contribution in [1.29, 1.82) is 0 Å². The van der Waals surface area contributed by atoms with E-state index < -0.39 is 5.91 Å². The Morgan fingerprint density at radius 2 is 1.62 bits per heavy atom. The van der Waals surface area contributed by atoms with Gasteiger partial charge in [-0.3, -0.25) is 9.59 Å². The number of nitrogens with one attached hydrogen (secondary N) is 1. The first-order valence-corrected chi connectivity index (χ1v) is 8.29. The van der Waals surface area contributed by atoms with E-state index in [1.165, 1.54) is 11.3 Å². The summed E-state index contributed by atoms with van der Waals surface area (Å²) in [6.07, 6.45) is 0. The molecule has 3 rings (SSSR count). The summed E-state index contributed by atoms with van der Waals surface area (Å²) >= 11 is 1.52. The maximum atomic E-state index is 12.6. The molecule has 0 bridgehead atoms. The van der Waals surface area contributed by atoms with Crippen molar-refractivity contribution < 1.29 is 9.59 Å². The molecule has 0 radical (unpaired) electrons. The molecule has 24 heavy (non-hydrogen) atoms. The highest BCUT2D eigenvalue weighted by atomic mass is 32.1. The molecule has 0 aliphatic rings. The summed E-state index contributed by atoms with van der Waals surface area (Å²) in [5.41, 5.74) is 9.01. The van der Waals surface area contributed by atoms with E-state index in [2.05, 4.69) is 9.88 Å². The second-order valence-corrected chi connectivity index (χ2v) is 6.38. The van der Waals surface area contributed by atoms with E-state index in [0.717, 1.165) is 16.4 Å². The smallest absolute Gasteiger partial charge is 0.258 e. The van der Waals surface area contributed by atoms with Crippen LogP contribution >= 0.6 is 11.3 Å². The SMILES string of the molecule is Cc1ccc(C)n1-c1sccc1C(=O)Nc1ccc(C(N)=O)cc1. The minimum absolute atomic E-state index is 0.189. The molecule has 0 aliphatic heterocycles. The van der Waals surface area contributed by atoms with Gasteiger partial charge in [-0.25, -0.2) is 0 Å². The molecule has 0 spiro atoms. The van der Waals surface area contributed by atoms with Gasteiger partial charge in [0.15, 0.2) is 0 Å². The van der Waals surface area contributed by atoms with Gasteiger partial charge in [0, 0.05) is 22.6 Å². The first-order chi connectivity index (χ1) is 11.5. The van der Waals surface area contributed by atoms with Gasteiger partial charge in [-0.1, -0.05) is 0 Å². The van der Waals surface area contributed by atoms with Crippen molar-refractivity contribution in [2.45, 2.75) is 13.8 Å². The maximum absolute atomic E-state index is 12.6. The number of rotatable bonds is 4. The molecule has 0 fully saturated rings. The van der Waals surface area contributed by atoms with Crippen LogP contribution in [-0.2, 0) is 0 Å². The predicted molar refractivity (Wildman–Crippen MR) is 96.0 cm³/mol. The topological polar surface area (TPSA) is 77.1 Å². The van der Waals surface area contributed by atoms with E-state index in [-0.39, 0.29) is 5.91 Å². The largest absolute Gasteiger partial charge is 0.366 e. The number of anilines is 1. The summed E-state index contributed by atoms with van der Waals surface area (Å²) in [6, 6.07) is 12.4.